The first kappa shape index (κ1) is 18.0. The Morgan fingerprint density at radius 1 is 1.17 bits per heavy atom. The van der Waals surface area contributed by atoms with Crippen LogP contribution in [0.5, 0.6) is 0 Å². The molecule has 110 valence electrons. The second-order valence-corrected chi connectivity index (χ2v) is 7.13. The van der Waals surface area contributed by atoms with Crippen LogP contribution in [0.15, 0.2) is 0 Å². The van der Waals surface area contributed by atoms with Gasteiger partial charge in [-0.2, -0.15) is 0 Å². The van der Waals surface area contributed by atoms with Crippen LogP contribution in [0.3, 0.4) is 0 Å². The van der Waals surface area contributed by atoms with Crippen LogP contribution in [-0.2, 0) is 13.3 Å². The fourth-order valence-corrected chi connectivity index (χ4v) is 4.76. The Bertz CT molecular complexity index is 199. The molecule has 0 saturated carbocycles. The fourth-order valence-electron chi connectivity index (χ4n) is 1.91. The van der Waals surface area contributed by atoms with Crippen LogP contribution in [-0.4, -0.2) is 45.9 Å². The molecule has 0 aliphatic carbocycles. The van der Waals surface area contributed by atoms with Crippen LogP contribution in [0.4, 0.5) is 0 Å². The maximum atomic E-state index is 9.39. The summed E-state index contributed by atoms with van der Waals surface area (Å²) in [5.74, 6) is 0. The van der Waals surface area contributed by atoms with E-state index in [4.69, 9.17) is 19.0 Å². The van der Waals surface area contributed by atoms with E-state index in [0.717, 1.165) is 12.5 Å². The van der Waals surface area contributed by atoms with Crippen molar-refractivity contribution >= 4 is 8.80 Å². The maximum Gasteiger partial charge on any atom is 0.501 e. The van der Waals surface area contributed by atoms with Crippen molar-refractivity contribution in [2.45, 2.75) is 58.8 Å². The van der Waals surface area contributed by atoms with Gasteiger partial charge in [-0.3, -0.25) is 0 Å². The SMILES string of the molecule is CCO[Si](CCCN)(OCC)OC(C)CC(C)O. The van der Waals surface area contributed by atoms with Gasteiger partial charge in [0.2, 0.25) is 0 Å². The monoisotopic (exact) mass is 279 g/mol. The molecule has 0 rings (SSSR count). The van der Waals surface area contributed by atoms with Crippen molar-refractivity contribution in [1.82, 2.24) is 0 Å². The topological polar surface area (TPSA) is 73.9 Å². The van der Waals surface area contributed by atoms with Gasteiger partial charge in [0, 0.05) is 25.4 Å². The highest BCUT2D eigenvalue weighted by atomic mass is 28.4. The Balaban J connectivity index is 4.57. The van der Waals surface area contributed by atoms with E-state index in [0.29, 0.717) is 26.2 Å². The molecule has 0 aliphatic rings. The third-order valence-corrected chi connectivity index (χ3v) is 5.65. The van der Waals surface area contributed by atoms with Gasteiger partial charge in [-0.1, -0.05) is 0 Å². The van der Waals surface area contributed by atoms with Crippen LogP contribution in [0.25, 0.3) is 0 Å². The van der Waals surface area contributed by atoms with E-state index in [1.807, 2.05) is 20.8 Å². The van der Waals surface area contributed by atoms with Crippen LogP contribution < -0.4 is 5.73 Å². The van der Waals surface area contributed by atoms with E-state index in [-0.39, 0.29) is 12.2 Å². The van der Waals surface area contributed by atoms with E-state index in [1.54, 1.807) is 6.92 Å². The smallest absolute Gasteiger partial charge is 0.393 e. The summed E-state index contributed by atoms with van der Waals surface area (Å²) in [6.07, 6.45) is 0.947. The van der Waals surface area contributed by atoms with Gasteiger partial charge in [0.05, 0.1) is 6.10 Å². The number of aliphatic hydroxyl groups excluding tert-OH is 1. The average Bonchev–Trinajstić information content (AvgIpc) is 2.25. The molecule has 0 aromatic heterocycles. The molecule has 0 spiro atoms. The van der Waals surface area contributed by atoms with Gasteiger partial charge in [-0.15, -0.1) is 0 Å². The van der Waals surface area contributed by atoms with Gasteiger partial charge in [-0.25, -0.2) is 0 Å². The van der Waals surface area contributed by atoms with Gasteiger partial charge in [0.25, 0.3) is 0 Å². The summed E-state index contributed by atoms with van der Waals surface area (Å²) in [7, 11) is -2.64. The third kappa shape index (κ3) is 7.45. The van der Waals surface area contributed by atoms with E-state index in [9.17, 15) is 5.11 Å². The number of hydrogen-bond acceptors (Lipinski definition) is 5. The number of rotatable bonds is 11. The molecule has 0 saturated heterocycles. The lowest BCUT2D eigenvalue weighted by atomic mass is 10.2. The summed E-state index contributed by atoms with van der Waals surface area (Å²) in [5, 5.41) is 9.39. The Morgan fingerprint density at radius 3 is 2.11 bits per heavy atom. The molecule has 0 amide bonds. The summed E-state index contributed by atoms with van der Waals surface area (Å²) in [5.41, 5.74) is 5.56. The molecule has 2 atom stereocenters. The van der Waals surface area contributed by atoms with Crippen molar-refractivity contribution in [1.29, 1.82) is 0 Å². The summed E-state index contributed by atoms with van der Waals surface area (Å²) < 4.78 is 17.6. The molecule has 5 nitrogen and oxygen atoms in total. The van der Waals surface area contributed by atoms with Crippen LogP contribution >= 0.6 is 0 Å². The van der Waals surface area contributed by atoms with Crippen molar-refractivity contribution in [3.8, 4) is 0 Å². The number of nitrogens with two attached hydrogens (primary N) is 1. The zero-order chi connectivity index (χ0) is 14.0. The first-order valence-electron chi connectivity index (χ1n) is 6.83. The first-order valence-corrected chi connectivity index (χ1v) is 8.76. The largest absolute Gasteiger partial charge is 0.501 e. The van der Waals surface area contributed by atoms with Crippen LogP contribution in [0.1, 0.15) is 40.5 Å². The Kier molecular flexibility index (Phi) is 9.89. The molecular weight excluding hydrogens is 250 g/mol. The molecule has 0 heterocycles. The number of aliphatic hydroxyl groups is 1. The zero-order valence-corrected chi connectivity index (χ0v) is 13.1. The molecule has 0 bridgehead atoms. The average molecular weight is 279 g/mol. The molecule has 0 aromatic carbocycles. The van der Waals surface area contributed by atoms with Crippen molar-refractivity contribution in [3.63, 3.8) is 0 Å². The van der Waals surface area contributed by atoms with Crippen LogP contribution in [0, 0.1) is 0 Å². The summed E-state index contributed by atoms with van der Waals surface area (Å²) in [6, 6.07) is 0.731. The predicted molar refractivity (Wildman–Crippen MR) is 74.3 cm³/mol. The number of hydrogen-bond donors (Lipinski definition) is 2. The minimum Gasteiger partial charge on any atom is -0.393 e. The zero-order valence-electron chi connectivity index (χ0n) is 12.1. The van der Waals surface area contributed by atoms with E-state index >= 15 is 0 Å². The summed E-state index contributed by atoms with van der Waals surface area (Å²) in [6.45, 7) is 9.30. The summed E-state index contributed by atoms with van der Waals surface area (Å²) in [4.78, 5) is 0. The van der Waals surface area contributed by atoms with Crippen molar-refractivity contribution < 1.29 is 18.4 Å². The van der Waals surface area contributed by atoms with Crippen molar-refractivity contribution in [3.05, 3.63) is 0 Å². The second kappa shape index (κ2) is 9.88. The Morgan fingerprint density at radius 2 is 1.72 bits per heavy atom. The lowest BCUT2D eigenvalue weighted by Crippen LogP contribution is -2.48. The second-order valence-electron chi connectivity index (χ2n) is 4.45. The van der Waals surface area contributed by atoms with Crippen molar-refractivity contribution in [2.75, 3.05) is 19.8 Å². The fraction of sp³-hybridized carbons (Fsp3) is 1.00. The molecule has 0 fully saturated rings. The van der Waals surface area contributed by atoms with E-state index in [1.165, 1.54) is 0 Å². The molecule has 0 aliphatic heterocycles. The van der Waals surface area contributed by atoms with Crippen LogP contribution in [0.2, 0.25) is 6.04 Å². The standard InChI is InChI=1S/C12H29NO4Si/c1-5-15-18(16-6-2,9-7-8-13)17-12(4)10-11(3)14/h11-12,14H,5-10,13H2,1-4H3. The minimum absolute atomic E-state index is 0.0764. The van der Waals surface area contributed by atoms with Gasteiger partial charge >= 0.3 is 8.80 Å². The Hall–Kier alpha value is 0.0169. The lowest BCUT2D eigenvalue weighted by Gasteiger charge is -2.32. The molecule has 18 heavy (non-hydrogen) atoms. The van der Waals surface area contributed by atoms with E-state index < -0.39 is 8.80 Å². The highest BCUT2D eigenvalue weighted by Crippen LogP contribution is 2.21. The van der Waals surface area contributed by atoms with Gasteiger partial charge in [0.1, 0.15) is 0 Å². The van der Waals surface area contributed by atoms with Gasteiger partial charge in [0.15, 0.2) is 0 Å². The Labute approximate surface area is 112 Å². The molecule has 2 unspecified atom stereocenters. The van der Waals surface area contributed by atoms with Gasteiger partial charge in [-0.05, 0) is 47.1 Å². The summed E-state index contributed by atoms with van der Waals surface area (Å²) >= 11 is 0. The molecule has 0 radical (unpaired) electrons. The molecular formula is C12H29NO4Si. The highest BCUT2D eigenvalue weighted by molar-refractivity contribution is 6.60. The highest BCUT2D eigenvalue weighted by Gasteiger charge is 2.41. The predicted octanol–water partition coefficient (Wildman–Crippen LogP) is 1.52. The minimum atomic E-state index is -2.64. The quantitative estimate of drug-likeness (QED) is 0.561. The third-order valence-electron chi connectivity index (χ3n) is 2.47. The molecule has 3 N–H and O–H groups in total. The van der Waals surface area contributed by atoms with E-state index in [2.05, 4.69) is 0 Å². The molecule has 0 aromatic rings. The molecule has 6 heteroatoms. The lowest BCUT2D eigenvalue weighted by molar-refractivity contribution is 0.0201. The van der Waals surface area contributed by atoms with Crippen molar-refractivity contribution in [2.24, 2.45) is 5.73 Å². The maximum absolute atomic E-state index is 9.39. The first-order chi connectivity index (χ1) is 8.49. The van der Waals surface area contributed by atoms with Gasteiger partial charge < -0.3 is 24.1 Å². The normalized spacial score (nSPS) is 15.7.